The normalized spacial score (nSPS) is 10.3. The largest absolute Gasteiger partial charge is 0.378 e. The van der Waals surface area contributed by atoms with Crippen LogP contribution in [0.15, 0.2) is 24.3 Å². The van der Waals surface area contributed by atoms with Crippen molar-refractivity contribution in [3.05, 3.63) is 28.7 Å². The van der Waals surface area contributed by atoms with Gasteiger partial charge in [-0.2, -0.15) is 0 Å². The van der Waals surface area contributed by atoms with E-state index in [0.29, 0.717) is 4.47 Å². The van der Waals surface area contributed by atoms with Crippen LogP contribution >= 0.6 is 22.9 Å². The fourth-order valence-electron chi connectivity index (χ4n) is 1.22. The fraction of sp³-hybridized carbons (Fsp3) is 0.200. The summed E-state index contributed by atoms with van der Waals surface area (Å²) < 4.78 is 0.474. The molecule has 0 N–H and O–H groups in total. The monoisotopic (exact) mass is 239 g/mol. The number of hydrogen-bond acceptors (Lipinski definition) is 4. The molecule has 15 heavy (non-hydrogen) atoms. The van der Waals surface area contributed by atoms with Crippen molar-refractivity contribution in [1.29, 1.82) is 0 Å². The molecule has 0 aliphatic heterocycles. The number of aromatic nitrogens is 2. The standard InChI is InChI=1S/C10H10ClN3S/c1-14(2)8-5-3-7(4-6-8)9-12-13-10(11)15-9/h3-6H,1-2H3. The molecule has 2 aromatic rings. The summed E-state index contributed by atoms with van der Waals surface area (Å²) in [4.78, 5) is 2.05. The van der Waals surface area contributed by atoms with Crippen molar-refractivity contribution in [2.75, 3.05) is 19.0 Å². The summed E-state index contributed by atoms with van der Waals surface area (Å²) in [7, 11) is 4.02. The minimum atomic E-state index is 0.474. The molecule has 0 bridgehead atoms. The highest BCUT2D eigenvalue weighted by atomic mass is 35.5. The molecule has 78 valence electrons. The van der Waals surface area contributed by atoms with E-state index in [1.54, 1.807) is 0 Å². The summed E-state index contributed by atoms with van der Waals surface area (Å²) in [6.07, 6.45) is 0. The summed E-state index contributed by atoms with van der Waals surface area (Å²) in [5.74, 6) is 0. The van der Waals surface area contributed by atoms with E-state index in [1.807, 2.05) is 38.4 Å². The second kappa shape index (κ2) is 4.16. The van der Waals surface area contributed by atoms with Gasteiger partial charge in [0, 0.05) is 25.3 Å². The fourth-order valence-corrected chi connectivity index (χ4v) is 2.06. The molecular formula is C10H10ClN3S. The molecule has 1 aromatic carbocycles. The summed E-state index contributed by atoms with van der Waals surface area (Å²) in [6.45, 7) is 0. The molecule has 0 aliphatic rings. The van der Waals surface area contributed by atoms with Gasteiger partial charge < -0.3 is 4.90 Å². The summed E-state index contributed by atoms with van der Waals surface area (Å²) in [6, 6.07) is 8.13. The third-order valence-electron chi connectivity index (χ3n) is 2.03. The van der Waals surface area contributed by atoms with Crippen molar-refractivity contribution < 1.29 is 0 Å². The van der Waals surface area contributed by atoms with Crippen molar-refractivity contribution in [3.8, 4) is 10.6 Å². The second-order valence-corrected chi connectivity index (χ2v) is 4.86. The van der Waals surface area contributed by atoms with Crippen LogP contribution in [0.1, 0.15) is 0 Å². The minimum absolute atomic E-state index is 0.474. The Balaban J connectivity index is 2.31. The summed E-state index contributed by atoms with van der Waals surface area (Å²) in [5.41, 5.74) is 2.21. The molecule has 5 heteroatoms. The van der Waals surface area contributed by atoms with E-state index in [4.69, 9.17) is 11.6 Å². The Bertz CT molecular complexity index is 450. The molecule has 0 aliphatic carbocycles. The highest BCUT2D eigenvalue weighted by Gasteiger charge is 2.04. The number of anilines is 1. The molecular weight excluding hydrogens is 230 g/mol. The van der Waals surface area contributed by atoms with E-state index in [0.717, 1.165) is 16.3 Å². The molecule has 3 nitrogen and oxygen atoms in total. The molecule has 2 rings (SSSR count). The molecule has 0 atom stereocenters. The Morgan fingerprint density at radius 3 is 2.27 bits per heavy atom. The van der Waals surface area contributed by atoms with Gasteiger partial charge in [0.15, 0.2) is 0 Å². The van der Waals surface area contributed by atoms with Gasteiger partial charge in [-0.25, -0.2) is 0 Å². The lowest BCUT2D eigenvalue weighted by Crippen LogP contribution is -2.07. The van der Waals surface area contributed by atoms with Crippen LogP contribution in [-0.4, -0.2) is 24.3 Å². The van der Waals surface area contributed by atoms with Gasteiger partial charge in [0.05, 0.1) is 0 Å². The van der Waals surface area contributed by atoms with Crippen molar-refractivity contribution in [2.24, 2.45) is 0 Å². The number of rotatable bonds is 2. The van der Waals surface area contributed by atoms with Crippen LogP contribution in [0.5, 0.6) is 0 Å². The van der Waals surface area contributed by atoms with Crippen molar-refractivity contribution in [3.63, 3.8) is 0 Å². The first-order valence-corrected chi connectivity index (χ1v) is 5.63. The van der Waals surface area contributed by atoms with Crippen molar-refractivity contribution in [1.82, 2.24) is 10.2 Å². The SMILES string of the molecule is CN(C)c1ccc(-c2nnc(Cl)s2)cc1. The average molecular weight is 240 g/mol. The molecule has 0 saturated heterocycles. The van der Waals surface area contributed by atoms with E-state index >= 15 is 0 Å². The first kappa shape index (κ1) is 10.4. The average Bonchev–Trinajstić information content (AvgIpc) is 2.65. The van der Waals surface area contributed by atoms with Crippen LogP contribution in [0.4, 0.5) is 5.69 Å². The van der Waals surface area contributed by atoms with Gasteiger partial charge in [-0.05, 0) is 35.9 Å². The van der Waals surface area contributed by atoms with Crippen LogP contribution < -0.4 is 4.90 Å². The van der Waals surface area contributed by atoms with Crippen molar-refractivity contribution >= 4 is 28.6 Å². The number of benzene rings is 1. The Morgan fingerprint density at radius 1 is 1.13 bits per heavy atom. The van der Waals surface area contributed by atoms with Gasteiger partial charge in [-0.1, -0.05) is 11.3 Å². The van der Waals surface area contributed by atoms with Crippen LogP contribution in [-0.2, 0) is 0 Å². The van der Waals surface area contributed by atoms with Gasteiger partial charge in [0.2, 0.25) is 4.47 Å². The molecule has 1 aromatic heterocycles. The third kappa shape index (κ3) is 2.27. The highest BCUT2D eigenvalue weighted by Crippen LogP contribution is 2.27. The van der Waals surface area contributed by atoms with Crippen LogP contribution in [0, 0.1) is 0 Å². The van der Waals surface area contributed by atoms with E-state index in [1.165, 1.54) is 11.3 Å². The number of nitrogens with zero attached hydrogens (tertiary/aromatic N) is 3. The molecule has 0 amide bonds. The van der Waals surface area contributed by atoms with Crippen LogP contribution in [0.2, 0.25) is 4.47 Å². The summed E-state index contributed by atoms with van der Waals surface area (Å²) >= 11 is 7.11. The molecule has 0 saturated carbocycles. The van der Waals surface area contributed by atoms with Gasteiger partial charge >= 0.3 is 0 Å². The lowest BCUT2D eigenvalue weighted by molar-refractivity contribution is 1.09. The summed E-state index contributed by atoms with van der Waals surface area (Å²) in [5, 5.41) is 8.61. The lowest BCUT2D eigenvalue weighted by Gasteiger charge is -2.11. The quantitative estimate of drug-likeness (QED) is 0.807. The minimum Gasteiger partial charge on any atom is -0.378 e. The maximum absolute atomic E-state index is 5.73. The van der Waals surface area contributed by atoms with E-state index in [9.17, 15) is 0 Å². The number of halogens is 1. The number of hydrogen-bond donors (Lipinski definition) is 0. The van der Waals surface area contributed by atoms with Gasteiger partial charge in [0.1, 0.15) is 5.01 Å². The maximum atomic E-state index is 5.73. The predicted molar refractivity (Wildman–Crippen MR) is 64.7 cm³/mol. The zero-order valence-corrected chi connectivity index (χ0v) is 10.0. The van der Waals surface area contributed by atoms with Crippen LogP contribution in [0.25, 0.3) is 10.6 Å². The Kier molecular flexibility index (Phi) is 2.88. The zero-order valence-electron chi connectivity index (χ0n) is 8.44. The Morgan fingerprint density at radius 2 is 1.80 bits per heavy atom. The van der Waals surface area contributed by atoms with Gasteiger partial charge in [-0.15, -0.1) is 10.2 Å². The first-order valence-electron chi connectivity index (χ1n) is 4.43. The molecule has 0 unspecified atom stereocenters. The second-order valence-electron chi connectivity index (χ2n) is 3.30. The van der Waals surface area contributed by atoms with E-state index in [-0.39, 0.29) is 0 Å². The van der Waals surface area contributed by atoms with Crippen LogP contribution in [0.3, 0.4) is 0 Å². The Labute approximate surface area is 97.3 Å². The Hall–Kier alpha value is -1.13. The van der Waals surface area contributed by atoms with E-state index < -0.39 is 0 Å². The predicted octanol–water partition coefficient (Wildman–Crippen LogP) is 2.92. The molecule has 0 spiro atoms. The molecule has 0 fully saturated rings. The highest BCUT2D eigenvalue weighted by molar-refractivity contribution is 7.18. The maximum Gasteiger partial charge on any atom is 0.207 e. The van der Waals surface area contributed by atoms with Crippen molar-refractivity contribution in [2.45, 2.75) is 0 Å². The lowest BCUT2D eigenvalue weighted by atomic mass is 10.2. The molecule has 1 heterocycles. The first-order chi connectivity index (χ1) is 7.16. The molecule has 0 radical (unpaired) electrons. The van der Waals surface area contributed by atoms with Gasteiger partial charge in [-0.3, -0.25) is 0 Å². The van der Waals surface area contributed by atoms with Gasteiger partial charge in [0.25, 0.3) is 0 Å². The zero-order chi connectivity index (χ0) is 10.8. The topological polar surface area (TPSA) is 29.0 Å². The van der Waals surface area contributed by atoms with E-state index in [2.05, 4.69) is 15.1 Å². The smallest absolute Gasteiger partial charge is 0.207 e. The third-order valence-corrected chi connectivity index (χ3v) is 3.10.